The lowest BCUT2D eigenvalue weighted by atomic mass is 10.0. The van der Waals surface area contributed by atoms with Crippen LogP contribution in [-0.4, -0.2) is 35.9 Å². The Morgan fingerprint density at radius 3 is 2.34 bits per heavy atom. The predicted molar refractivity (Wildman–Crippen MR) is 143 cm³/mol. The van der Waals surface area contributed by atoms with Crippen molar-refractivity contribution < 1.29 is 14.3 Å². The van der Waals surface area contributed by atoms with E-state index in [9.17, 15) is 9.59 Å². The van der Waals surface area contributed by atoms with Crippen molar-refractivity contribution in [2.75, 3.05) is 13.2 Å². The van der Waals surface area contributed by atoms with Crippen LogP contribution in [0.4, 0.5) is 0 Å². The number of nitrogens with one attached hydrogen (secondary N) is 1. The van der Waals surface area contributed by atoms with Crippen molar-refractivity contribution in [3.8, 4) is 5.75 Å². The number of hydrogen-bond donors (Lipinski definition) is 1. The Morgan fingerprint density at radius 1 is 0.971 bits per heavy atom. The molecule has 1 atom stereocenters. The summed E-state index contributed by atoms with van der Waals surface area (Å²) < 4.78 is 6.84. The summed E-state index contributed by atoms with van der Waals surface area (Å²) in [5.41, 5.74) is 4.12. The number of ether oxygens (including phenoxy) is 1. The molecule has 6 heteroatoms. The third-order valence-electron chi connectivity index (χ3n) is 5.79. The summed E-state index contributed by atoms with van der Waals surface area (Å²) in [7, 11) is 0. The monoisotopic (exact) mass is 536 g/mol. The highest BCUT2D eigenvalue weighted by atomic mass is 79.9. The molecule has 3 aromatic carbocycles. The normalized spacial score (nSPS) is 11.5. The van der Waals surface area contributed by atoms with E-state index in [0.29, 0.717) is 25.3 Å². The van der Waals surface area contributed by atoms with Gasteiger partial charge in [0, 0.05) is 24.0 Å². The summed E-state index contributed by atoms with van der Waals surface area (Å²) >= 11 is 3.49. The zero-order valence-electron chi connectivity index (χ0n) is 20.6. The van der Waals surface area contributed by atoms with Crippen molar-refractivity contribution in [3.05, 3.63) is 99.5 Å². The molecule has 2 amide bonds. The average Bonchev–Trinajstić information content (AvgIpc) is 2.87. The van der Waals surface area contributed by atoms with Gasteiger partial charge in [-0.25, -0.2) is 0 Å². The fourth-order valence-electron chi connectivity index (χ4n) is 3.75. The van der Waals surface area contributed by atoms with Crippen molar-refractivity contribution >= 4 is 27.7 Å². The van der Waals surface area contributed by atoms with E-state index >= 15 is 0 Å². The SMILES string of the molecule is CCCNC(=O)C(Cc1ccccc1)N(Cc1ccc(C)cc1)C(=O)COc1ccc(Br)c(C)c1. The highest BCUT2D eigenvalue weighted by Crippen LogP contribution is 2.22. The van der Waals surface area contributed by atoms with E-state index in [1.54, 1.807) is 4.90 Å². The smallest absolute Gasteiger partial charge is 0.261 e. The summed E-state index contributed by atoms with van der Waals surface area (Å²) in [6, 6.07) is 22.8. The van der Waals surface area contributed by atoms with Crippen LogP contribution in [0.15, 0.2) is 77.3 Å². The molecule has 0 saturated carbocycles. The molecule has 0 aliphatic rings. The Balaban J connectivity index is 1.88. The summed E-state index contributed by atoms with van der Waals surface area (Å²) in [4.78, 5) is 28.5. The fraction of sp³-hybridized carbons (Fsp3) is 0.310. The van der Waals surface area contributed by atoms with E-state index < -0.39 is 6.04 Å². The second kappa shape index (κ2) is 13.1. The van der Waals surface area contributed by atoms with E-state index in [-0.39, 0.29) is 18.4 Å². The van der Waals surface area contributed by atoms with Crippen molar-refractivity contribution in [2.24, 2.45) is 0 Å². The molecule has 35 heavy (non-hydrogen) atoms. The number of benzene rings is 3. The van der Waals surface area contributed by atoms with Gasteiger partial charge in [0.05, 0.1) is 0 Å². The molecule has 0 aliphatic heterocycles. The third kappa shape index (κ3) is 7.96. The zero-order chi connectivity index (χ0) is 25.2. The Morgan fingerprint density at radius 2 is 1.69 bits per heavy atom. The van der Waals surface area contributed by atoms with Gasteiger partial charge in [0.15, 0.2) is 6.61 Å². The molecule has 0 spiro atoms. The molecule has 0 heterocycles. The van der Waals surface area contributed by atoms with Crippen molar-refractivity contribution in [1.82, 2.24) is 10.2 Å². The van der Waals surface area contributed by atoms with Gasteiger partial charge in [-0.3, -0.25) is 9.59 Å². The summed E-state index contributed by atoms with van der Waals surface area (Å²) in [6.45, 7) is 6.73. The Hall–Kier alpha value is -3.12. The number of aryl methyl sites for hydroxylation is 2. The van der Waals surface area contributed by atoms with Gasteiger partial charge in [0.2, 0.25) is 5.91 Å². The maximum absolute atomic E-state index is 13.6. The largest absolute Gasteiger partial charge is 0.484 e. The molecule has 3 rings (SSSR count). The van der Waals surface area contributed by atoms with Gasteiger partial charge in [-0.1, -0.05) is 83.0 Å². The number of carbonyl (C=O) groups is 2. The first-order valence-corrected chi connectivity index (χ1v) is 12.7. The lowest BCUT2D eigenvalue weighted by molar-refractivity contribution is -0.142. The molecule has 5 nitrogen and oxygen atoms in total. The Kier molecular flexibility index (Phi) is 9.91. The van der Waals surface area contributed by atoms with Crippen LogP contribution in [0.25, 0.3) is 0 Å². The summed E-state index contributed by atoms with van der Waals surface area (Å²) in [5, 5.41) is 2.99. The molecular formula is C29H33BrN2O3. The van der Waals surface area contributed by atoms with Gasteiger partial charge in [-0.05, 0) is 55.2 Å². The zero-order valence-corrected chi connectivity index (χ0v) is 22.2. The number of hydrogen-bond acceptors (Lipinski definition) is 3. The van der Waals surface area contributed by atoms with E-state index in [0.717, 1.165) is 33.1 Å². The molecular weight excluding hydrogens is 504 g/mol. The molecule has 184 valence electrons. The fourth-order valence-corrected chi connectivity index (χ4v) is 3.99. The molecule has 0 radical (unpaired) electrons. The third-order valence-corrected chi connectivity index (χ3v) is 6.68. The summed E-state index contributed by atoms with van der Waals surface area (Å²) in [6.07, 6.45) is 1.24. The molecule has 0 saturated heterocycles. The van der Waals surface area contributed by atoms with Crippen LogP contribution in [0.2, 0.25) is 0 Å². The highest BCUT2D eigenvalue weighted by molar-refractivity contribution is 9.10. The predicted octanol–water partition coefficient (Wildman–Crippen LogP) is 5.61. The Labute approximate surface area is 216 Å². The van der Waals surface area contributed by atoms with E-state index in [4.69, 9.17) is 4.74 Å². The number of carbonyl (C=O) groups excluding carboxylic acids is 2. The highest BCUT2D eigenvalue weighted by Gasteiger charge is 2.30. The minimum absolute atomic E-state index is 0.153. The topological polar surface area (TPSA) is 58.6 Å². The molecule has 0 aliphatic carbocycles. The first kappa shape index (κ1) is 26.5. The molecule has 1 unspecified atom stereocenters. The minimum atomic E-state index is -0.659. The maximum atomic E-state index is 13.6. The van der Waals surface area contributed by atoms with Crippen LogP contribution in [0.5, 0.6) is 5.75 Å². The lowest BCUT2D eigenvalue weighted by Crippen LogP contribution is -2.51. The van der Waals surface area contributed by atoms with E-state index in [1.165, 1.54) is 0 Å². The van der Waals surface area contributed by atoms with Gasteiger partial charge in [0.25, 0.3) is 5.91 Å². The maximum Gasteiger partial charge on any atom is 0.261 e. The molecule has 0 bridgehead atoms. The summed E-state index contributed by atoms with van der Waals surface area (Å²) in [5.74, 6) is 0.221. The van der Waals surface area contributed by atoms with Crippen LogP contribution in [0.1, 0.15) is 35.6 Å². The number of rotatable bonds is 11. The second-order valence-electron chi connectivity index (χ2n) is 8.70. The molecule has 0 fully saturated rings. The van der Waals surface area contributed by atoms with E-state index in [1.807, 2.05) is 93.6 Å². The Bertz CT molecular complexity index is 1120. The molecule has 3 aromatic rings. The minimum Gasteiger partial charge on any atom is -0.484 e. The number of amides is 2. The quantitative estimate of drug-likeness (QED) is 0.346. The second-order valence-corrected chi connectivity index (χ2v) is 9.56. The van der Waals surface area contributed by atoms with Gasteiger partial charge in [0.1, 0.15) is 11.8 Å². The van der Waals surface area contributed by atoms with Crippen molar-refractivity contribution in [1.29, 1.82) is 0 Å². The van der Waals surface area contributed by atoms with Gasteiger partial charge in [-0.2, -0.15) is 0 Å². The standard InChI is InChI=1S/C29H33BrN2O3/c1-4-16-31-29(34)27(18-23-8-6-5-7-9-23)32(19-24-12-10-21(2)11-13-24)28(33)20-35-25-14-15-26(30)22(3)17-25/h5-15,17,27H,4,16,18-20H2,1-3H3,(H,31,34). The molecule has 0 aromatic heterocycles. The van der Waals surface area contributed by atoms with Crippen molar-refractivity contribution in [3.63, 3.8) is 0 Å². The van der Waals surface area contributed by atoms with E-state index in [2.05, 4.69) is 21.2 Å². The van der Waals surface area contributed by atoms with Crippen LogP contribution >= 0.6 is 15.9 Å². The van der Waals surface area contributed by atoms with Crippen LogP contribution in [0.3, 0.4) is 0 Å². The number of halogens is 1. The van der Waals surface area contributed by atoms with Crippen molar-refractivity contribution in [2.45, 2.75) is 46.2 Å². The van der Waals surface area contributed by atoms with Crippen LogP contribution in [-0.2, 0) is 22.6 Å². The molecule has 1 N–H and O–H groups in total. The number of nitrogens with zero attached hydrogens (tertiary/aromatic N) is 1. The average molecular weight is 537 g/mol. The van der Waals surface area contributed by atoms with Gasteiger partial charge < -0.3 is 15.0 Å². The van der Waals surface area contributed by atoms with Crippen LogP contribution in [0, 0.1) is 13.8 Å². The lowest BCUT2D eigenvalue weighted by Gasteiger charge is -2.31. The van der Waals surface area contributed by atoms with Gasteiger partial charge >= 0.3 is 0 Å². The van der Waals surface area contributed by atoms with Crippen LogP contribution < -0.4 is 10.1 Å². The first-order chi connectivity index (χ1) is 16.9. The van der Waals surface area contributed by atoms with Gasteiger partial charge in [-0.15, -0.1) is 0 Å². The first-order valence-electron chi connectivity index (χ1n) is 11.9.